The monoisotopic (exact) mass is 128 g/mol. The lowest BCUT2D eigenvalue weighted by Crippen LogP contribution is -2.23. The van der Waals surface area contributed by atoms with Gasteiger partial charge in [0, 0.05) is 13.1 Å². The van der Waals surface area contributed by atoms with E-state index < -0.39 is 0 Å². The van der Waals surface area contributed by atoms with E-state index in [9.17, 15) is 4.79 Å². The predicted octanol–water partition coefficient (Wildman–Crippen LogP) is -1.36. The number of amides is 1. The van der Waals surface area contributed by atoms with Crippen molar-refractivity contribution in [3.8, 4) is 0 Å². The van der Waals surface area contributed by atoms with Gasteiger partial charge in [0.2, 0.25) is 0 Å². The third kappa shape index (κ3) is 0.635. The molecule has 1 amide bonds. The standard InChI is InChI=1S/C5H8N2O2/c8-5-3-1-6-2-4(3)9-7-5/h3-4,6H,1-2H2,(H,7,8)/t3-,4+/m1/s1. The average molecular weight is 128 g/mol. The third-order valence-electron chi connectivity index (χ3n) is 1.81. The molecule has 2 fully saturated rings. The number of rotatable bonds is 0. The molecular formula is C5H8N2O2. The molecule has 2 atom stereocenters. The van der Waals surface area contributed by atoms with Crippen molar-refractivity contribution in [1.82, 2.24) is 10.8 Å². The van der Waals surface area contributed by atoms with Gasteiger partial charge in [-0.05, 0) is 0 Å². The maximum atomic E-state index is 10.8. The molecule has 9 heavy (non-hydrogen) atoms. The van der Waals surface area contributed by atoms with Crippen LogP contribution in [0.4, 0.5) is 0 Å². The summed E-state index contributed by atoms with van der Waals surface area (Å²) in [4.78, 5) is 15.7. The molecule has 2 rings (SSSR count). The van der Waals surface area contributed by atoms with Gasteiger partial charge in [0.1, 0.15) is 6.10 Å². The fraction of sp³-hybridized carbons (Fsp3) is 0.800. The van der Waals surface area contributed by atoms with Crippen LogP contribution in [0.1, 0.15) is 0 Å². The van der Waals surface area contributed by atoms with Gasteiger partial charge in [0.05, 0.1) is 5.92 Å². The van der Waals surface area contributed by atoms with Crippen molar-refractivity contribution in [2.45, 2.75) is 6.10 Å². The van der Waals surface area contributed by atoms with Crippen molar-refractivity contribution in [1.29, 1.82) is 0 Å². The molecule has 2 N–H and O–H groups in total. The molecule has 2 aliphatic rings. The highest BCUT2D eigenvalue weighted by molar-refractivity contribution is 5.80. The minimum atomic E-state index is 0.0185. The first-order chi connectivity index (χ1) is 4.38. The SMILES string of the molecule is O=C1NO[C@H]2CNC[C@@H]12. The van der Waals surface area contributed by atoms with Crippen molar-refractivity contribution < 1.29 is 9.63 Å². The second-order valence-electron chi connectivity index (χ2n) is 2.39. The largest absolute Gasteiger partial charge is 0.313 e. The number of carbonyl (C=O) groups excluding carboxylic acids is 1. The van der Waals surface area contributed by atoms with Crippen LogP contribution >= 0.6 is 0 Å². The molecule has 2 saturated heterocycles. The Bertz CT molecular complexity index is 148. The Labute approximate surface area is 52.5 Å². The van der Waals surface area contributed by atoms with Crippen LogP contribution in [0.25, 0.3) is 0 Å². The molecule has 50 valence electrons. The minimum Gasteiger partial charge on any atom is -0.313 e. The molecule has 0 aromatic carbocycles. The van der Waals surface area contributed by atoms with E-state index in [1.165, 1.54) is 0 Å². The lowest BCUT2D eigenvalue weighted by molar-refractivity contribution is -0.126. The van der Waals surface area contributed by atoms with Gasteiger partial charge in [-0.2, -0.15) is 0 Å². The van der Waals surface area contributed by atoms with Crippen LogP contribution < -0.4 is 10.8 Å². The number of hydrogen-bond donors (Lipinski definition) is 2. The number of carbonyl (C=O) groups is 1. The van der Waals surface area contributed by atoms with E-state index in [2.05, 4.69) is 10.8 Å². The number of fused-ring (bicyclic) bond motifs is 1. The highest BCUT2D eigenvalue weighted by Gasteiger charge is 2.39. The summed E-state index contributed by atoms with van der Waals surface area (Å²) in [6.45, 7) is 1.56. The summed E-state index contributed by atoms with van der Waals surface area (Å²) in [6.07, 6.45) is 0.0810. The molecule has 4 nitrogen and oxygen atoms in total. The highest BCUT2D eigenvalue weighted by atomic mass is 16.7. The topological polar surface area (TPSA) is 50.4 Å². The van der Waals surface area contributed by atoms with E-state index >= 15 is 0 Å². The van der Waals surface area contributed by atoms with Crippen LogP contribution in [-0.2, 0) is 9.63 Å². The van der Waals surface area contributed by atoms with Gasteiger partial charge in [-0.25, -0.2) is 5.48 Å². The molecule has 2 heterocycles. The van der Waals surface area contributed by atoms with E-state index in [1.54, 1.807) is 0 Å². The molecule has 4 heteroatoms. The molecule has 0 saturated carbocycles. The smallest absolute Gasteiger partial charge is 0.250 e. The maximum absolute atomic E-state index is 10.8. The summed E-state index contributed by atoms with van der Waals surface area (Å²) in [5.41, 5.74) is 2.34. The Kier molecular flexibility index (Phi) is 0.972. The highest BCUT2D eigenvalue weighted by Crippen LogP contribution is 2.16. The van der Waals surface area contributed by atoms with Crippen LogP contribution in [0, 0.1) is 5.92 Å². The van der Waals surface area contributed by atoms with Gasteiger partial charge in [0.15, 0.2) is 0 Å². The lowest BCUT2D eigenvalue weighted by Gasteiger charge is -1.98. The van der Waals surface area contributed by atoms with Crippen molar-refractivity contribution in [2.24, 2.45) is 5.92 Å². The zero-order valence-electron chi connectivity index (χ0n) is 4.89. The van der Waals surface area contributed by atoms with Gasteiger partial charge in [-0.15, -0.1) is 0 Å². The summed E-state index contributed by atoms with van der Waals surface area (Å²) in [5.74, 6) is 0.0787. The molecular weight excluding hydrogens is 120 g/mol. The van der Waals surface area contributed by atoms with E-state index in [0.29, 0.717) is 0 Å². The molecule has 2 aliphatic heterocycles. The first kappa shape index (κ1) is 5.20. The summed E-state index contributed by atoms with van der Waals surface area (Å²) in [7, 11) is 0. The summed E-state index contributed by atoms with van der Waals surface area (Å²) in [5, 5.41) is 3.07. The molecule has 0 radical (unpaired) electrons. The van der Waals surface area contributed by atoms with Crippen molar-refractivity contribution >= 4 is 5.91 Å². The summed E-state index contributed by atoms with van der Waals surface area (Å²) < 4.78 is 0. The Morgan fingerprint density at radius 3 is 3.22 bits per heavy atom. The van der Waals surface area contributed by atoms with Crippen molar-refractivity contribution in [3.63, 3.8) is 0 Å². The fourth-order valence-corrected chi connectivity index (χ4v) is 1.25. The normalized spacial score (nSPS) is 40.7. The Balaban J connectivity index is 2.15. The van der Waals surface area contributed by atoms with E-state index in [4.69, 9.17) is 4.84 Å². The van der Waals surface area contributed by atoms with Crippen molar-refractivity contribution in [2.75, 3.05) is 13.1 Å². The van der Waals surface area contributed by atoms with Crippen LogP contribution in [0.3, 0.4) is 0 Å². The zero-order chi connectivity index (χ0) is 6.27. The van der Waals surface area contributed by atoms with Crippen LogP contribution in [0.15, 0.2) is 0 Å². The van der Waals surface area contributed by atoms with Gasteiger partial charge >= 0.3 is 0 Å². The minimum absolute atomic E-state index is 0.0185. The Morgan fingerprint density at radius 2 is 2.44 bits per heavy atom. The number of hydrogen-bond acceptors (Lipinski definition) is 3. The molecule has 0 aromatic rings. The molecule has 0 aromatic heterocycles. The third-order valence-corrected chi connectivity index (χ3v) is 1.81. The molecule has 0 spiro atoms. The molecule has 0 aliphatic carbocycles. The van der Waals surface area contributed by atoms with E-state index in [1.807, 2.05) is 0 Å². The van der Waals surface area contributed by atoms with Gasteiger partial charge < -0.3 is 5.32 Å². The molecule has 0 unspecified atom stereocenters. The van der Waals surface area contributed by atoms with E-state index in [-0.39, 0.29) is 17.9 Å². The first-order valence-electron chi connectivity index (χ1n) is 3.04. The second-order valence-corrected chi connectivity index (χ2v) is 2.39. The number of nitrogens with one attached hydrogen (secondary N) is 2. The average Bonchev–Trinajstić information content (AvgIpc) is 2.35. The van der Waals surface area contributed by atoms with Crippen molar-refractivity contribution in [3.05, 3.63) is 0 Å². The van der Waals surface area contributed by atoms with Gasteiger partial charge in [-0.1, -0.05) is 0 Å². The van der Waals surface area contributed by atoms with Gasteiger partial charge in [0.25, 0.3) is 5.91 Å². The predicted molar refractivity (Wildman–Crippen MR) is 29.4 cm³/mol. The second kappa shape index (κ2) is 1.68. The quantitative estimate of drug-likeness (QED) is 0.423. The molecule has 0 bridgehead atoms. The fourth-order valence-electron chi connectivity index (χ4n) is 1.25. The summed E-state index contributed by atoms with van der Waals surface area (Å²) >= 11 is 0. The lowest BCUT2D eigenvalue weighted by atomic mass is 10.1. The first-order valence-corrected chi connectivity index (χ1v) is 3.04. The van der Waals surface area contributed by atoms with Crippen LogP contribution in [0.5, 0.6) is 0 Å². The Morgan fingerprint density at radius 1 is 1.56 bits per heavy atom. The number of hydroxylamine groups is 1. The van der Waals surface area contributed by atoms with E-state index in [0.717, 1.165) is 13.1 Å². The Hall–Kier alpha value is -0.610. The van der Waals surface area contributed by atoms with Crippen LogP contribution in [0.2, 0.25) is 0 Å². The summed E-state index contributed by atoms with van der Waals surface area (Å²) in [6, 6.07) is 0. The zero-order valence-corrected chi connectivity index (χ0v) is 4.89. The maximum Gasteiger partial charge on any atom is 0.250 e. The van der Waals surface area contributed by atoms with Gasteiger partial charge in [-0.3, -0.25) is 9.63 Å². The van der Waals surface area contributed by atoms with Crippen LogP contribution in [-0.4, -0.2) is 25.1 Å².